The van der Waals surface area contributed by atoms with Crippen molar-refractivity contribution >= 4 is 18.4 Å². The number of carbonyl (C=O) groups is 1. The first kappa shape index (κ1) is 9.07. The minimum absolute atomic E-state index is 0.0599. The molecule has 2 unspecified atom stereocenters. The largest absolute Gasteiger partial charge is 0.300 e. The van der Waals surface area contributed by atoms with Gasteiger partial charge in [0.1, 0.15) is 5.78 Å². The van der Waals surface area contributed by atoms with Crippen LogP contribution in [0.2, 0.25) is 0 Å². The van der Waals surface area contributed by atoms with E-state index in [9.17, 15) is 9.90 Å². The average molecular weight is 172 g/mol. The molecule has 2 nitrogen and oxygen atoms in total. The fourth-order valence-corrected chi connectivity index (χ4v) is 1.72. The van der Waals surface area contributed by atoms with Crippen LogP contribution in [0, 0.1) is 0 Å². The Balaban J connectivity index is 2.41. The van der Waals surface area contributed by atoms with Crippen molar-refractivity contribution in [2.45, 2.75) is 43.5 Å². The van der Waals surface area contributed by atoms with Crippen LogP contribution in [0.1, 0.15) is 32.1 Å². The highest BCUT2D eigenvalue weighted by Crippen LogP contribution is 2.19. The Kier molecular flexibility index (Phi) is 3.40. The summed E-state index contributed by atoms with van der Waals surface area (Å²) < 4.78 is 0. The van der Waals surface area contributed by atoms with Crippen molar-refractivity contribution in [1.29, 1.82) is 0 Å². The van der Waals surface area contributed by atoms with E-state index in [4.69, 9.17) is 12.6 Å². The second kappa shape index (κ2) is 4.12. The van der Waals surface area contributed by atoms with Crippen molar-refractivity contribution < 1.29 is 9.90 Å². The zero-order valence-electron chi connectivity index (χ0n) is 6.41. The molecule has 3 heteroatoms. The molecule has 1 rings (SSSR count). The van der Waals surface area contributed by atoms with Crippen molar-refractivity contribution in [3.8, 4) is 0 Å². The minimum Gasteiger partial charge on any atom is -0.300 e. The quantitative estimate of drug-likeness (QED) is 0.549. The van der Waals surface area contributed by atoms with Crippen LogP contribution in [0.5, 0.6) is 0 Å². The summed E-state index contributed by atoms with van der Waals surface area (Å²) in [7, 11) is 0. The third-order valence-electron chi connectivity index (χ3n) is 1.96. The molecule has 2 atom stereocenters. The number of Topliss-reactive ketones (excluding diaryl/α,β-unsaturated/α-hetero) is 1. The predicted molar refractivity (Wildman–Crippen MR) is 43.9 cm³/mol. The second-order valence-corrected chi connectivity index (χ2v) is 3.79. The highest BCUT2D eigenvalue weighted by molar-refractivity contribution is 7.81. The molecule has 0 aromatic carbocycles. The summed E-state index contributed by atoms with van der Waals surface area (Å²) in [4.78, 5) is 11.0. The topological polar surface area (TPSA) is 37.0 Å². The lowest BCUT2D eigenvalue weighted by atomic mass is 9.97. The highest BCUT2D eigenvalue weighted by Gasteiger charge is 2.19. The Morgan fingerprint density at radius 1 is 1.27 bits per heavy atom. The van der Waals surface area contributed by atoms with Crippen molar-refractivity contribution in [2.75, 3.05) is 0 Å². The summed E-state index contributed by atoms with van der Waals surface area (Å²) in [5.41, 5.74) is 0. The normalized spacial score (nSPS) is 34.5. The standard InChI is InChI=1S/C8H12O2S/c9-6-2-1-3-8(11)5-7(10)4-6/h6,8H,1-5H2. The Morgan fingerprint density at radius 3 is 2.73 bits per heavy atom. The lowest BCUT2D eigenvalue weighted by Gasteiger charge is -2.15. The highest BCUT2D eigenvalue weighted by atomic mass is 32.1. The van der Waals surface area contributed by atoms with Gasteiger partial charge in [0.15, 0.2) is 0 Å². The number of hydrogen-bond donors (Lipinski definition) is 0. The molecule has 1 aliphatic rings. The molecule has 0 heterocycles. The fourth-order valence-electron chi connectivity index (χ4n) is 1.37. The molecule has 11 heavy (non-hydrogen) atoms. The molecule has 0 bridgehead atoms. The van der Waals surface area contributed by atoms with Gasteiger partial charge in [0.2, 0.25) is 0 Å². The Morgan fingerprint density at radius 2 is 2.00 bits per heavy atom. The number of rotatable bonds is 0. The van der Waals surface area contributed by atoms with E-state index >= 15 is 0 Å². The van der Waals surface area contributed by atoms with Crippen molar-refractivity contribution in [2.24, 2.45) is 0 Å². The van der Waals surface area contributed by atoms with Gasteiger partial charge < -0.3 is 0 Å². The van der Waals surface area contributed by atoms with Gasteiger partial charge in [-0.05, 0) is 19.3 Å². The number of carbonyl (C=O) groups excluding carboxylic acids is 1. The van der Waals surface area contributed by atoms with Gasteiger partial charge in [-0.3, -0.25) is 4.79 Å². The molecule has 0 aromatic heterocycles. The molecule has 0 amide bonds. The van der Waals surface area contributed by atoms with Gasteiger partial charge in [-0.1, -0.05) is 12.6 Å². The lowest BCUT2D eigenvalue weighted by Crippen LogP contribution is -2.19. The summed E-state index contributed by atoms with van der Waals surface area (Å²) in [5.74, 6) is 0.0599. The average Bonchev–Trinajstić information content (AvgIpc) is 1.83. The van der Waals surface area contributed by atoms with Crippen LogP contribution in [-0.2, 0) is 9.90 Å². The van der Waals surface area contributed by atoms with E-state index in [1.807, 2.05) is 0 Å². The Hall–Kier alpha value is -0.0200. The molecule has 1 fully saturated rings. The van der Waals surface area contributed by atoms with E-state index in [2.05, 4.69) is 0 Å². The maximum absolute atomic E-state index is 11.0. The van der Waals surface area contributed by atoms with Crippen molar-refractivity contribution in [3.05, 3.63) is 0 Å². The zero-order chi connectivity index (χ0) is 8.27. The van der Waals surface area contributed by atoms with Crippen LogP contribution in [0.4, 0.5) is 0 Å². The molecule has 62 valence electrons. The van der Waals surface area contributed by atoms with E-state index in [0.29, 0.717) is 12.8 Å². The molecule has 1 aliphatic carbocycles. The first-order valence-electron chi connectivity index (χ1n) is 4.02. The van der Waals surface area contributed by atoms with Gasteiger partial charge in [-0.25, -0.2) is 5.11 Å². The van der Waals surface area contributed by atoms with Crippen molar-refractivity contribution in [1.82, 2.24) is 0 Å². The van der Waals surface area contributed by atoms with Gasteiger partial charge in [0.25, 0.3) is 0 Å². The third kappa shape index (κ3) is 3.25. The first-order chi connectivity index (χ1) is 5.18. The molecule has 0 aliphatic heterocycles. The van der Waals surface area contributed by atoms with Gasteiger partial charge in [-0.15, -0.1) is 0 Å². The second-order valence-electron chi connectivity index (χ2n) is 3.12. The molecule has 1 saturated carbocycles. The van der Waals surface area contributed by atoms with E-state index in [0.717, 1.165) is 12.8 Å². The third-order valence-corrected chi connectivity index (χ3v) is 2.37. The lowest BCUT2D eigenvalue weighted by molar-refractivity contribution is -0.122. The van der Waals surface area contributed by atoms with Crippen LogP contribution in [0.3, 0.4) is 0 Å². The van der Waals surface area contributed by atoms with Crippen LogP contribution >= 0.6 is 12.6 Å². The summed E-state index contributed by atoms with van der Waals surface area (Å²) in [5, 5.41) is 11.1. The molecule has 0 spiro atoms. The first-order valence-corrected chi connectivity index (χ1v) is 4.49. The minimum atomic E-state index is -0.662. The smallest absolute Gasteiger partial charge is 0.136 e. The van der Waals surface area contributed by atoms with E-state index in [-0.39, 0.29) is 17.5 Å². The summed E-state index contributed by atoms with van der Waals surface area (Å²) in [6.07, 6.45) is 2.36. The van der Waals surface area contributed by atoms with Crippen LogP contribution < -0.4 is 0 Å². The molecular formula is C8H12O2S. The maximum Gasteiger partial charge on any atom is 0.136 e. The SMILES string of the molecule is [O]C1CCCC([S])CC(=O)C1. The fraction of sp³-hybridized carbons (Fsp3) is 0.875. The van der Waals surface area contributed by atoms with E-state index in [1.54, 1.807) is 0 Å². The molecule has 0 aromatic rings. The Labute approximate surface area is 72.4 Å². The molecule has 0 N–H and O–H groups in total. The van der Waals surface area contributed by atoms with Crippen LogP contribution in [-0.4, -0.2) is 17.1 Å². The van der Waals surface area contributed by atoms with Gasteiger partial charge in [-0.2, -0.15) is 0 Å². The molecule has 2 radical (unpaired) electrons. The monoisotopic (exact) mass is 172 g/mol. The van der Waals surface area contributed by atoms with Gasteiger partial charge >= 0.3 is 0 Å². The van der Waals surface area contributed by atoms with Gasteiger partial charge in [0, 0.05) is 18.1 Å². The van der Waals surface area contributed by atoms with Gasteiger partial charge in [0.05, 0.1) is 6.10 Å². The Bertz CT molecular complexity index is 133. The number of ketones is 1. The van der Waals surface area contributed by atoms with Crippen LogP contribution in [0.25, 0.3) is 0 Å². The van der Waals surface area contributed by atoms with Crippen molar-refractivity contribution in [3.63, 3.8) is 0 Å². The zero-order valence-corrected chi connectivity index (χ0v) is 7.23. The van der Waals surface area contributed by atoms with Crippen LogP contribution in [0.15, 0.2) is 0 Å². The van der Waals surface area contributed by atoms with E-state index in [1.165, 1.54) is 0 Å². The predicted octanol–water partition coefficient (Wildman–Crippen LogP) is 1.88. The molecular weight excluding hydrogens is 160 g/mol. The summed E-state index contributed by atoms with van der Waals surface area (Å²) >= 11 is 5.03. The summed E-state index contributed by atoms with van der Waals surface area (Å²) in [6, 6.07) is 0. The molecule has 0 saturated heterocycles. The maximum atomic E-state index is 11.0. The van der Waals surface area contributed by atoms with E-state index < -0.39 is 6.10 Å². The number of hydrogen-bond acceptors (Lipinski definition) is 1. The summed E-state index contributed by atoms with van der Waals surface area (Å²) in [6.45, 7) is 0.